The summed E-state index contributed by atoms with van der Waals surface area (Å²) in [5.41, 5.74) is 11.5. The van der Waals surface area contributed by atoms with E-state index in [0.717, 1.165) is 9.52 Å². The topological polar surface area (TPSA) is 0 Å². The molecule has 2 radical (unpaired) electrons. The number of benzene rings is 4. The summed E-state index contributed by atoms with van der Waals surface area (Å²) in [7, 11) is 8.78. The summed E-state index contributed by atoms with van der Waals surface area (Å²) in [6.07, 6.45) is 0. The second kappa shape index (κ2) is 20.1. The van der Waals surface area contributed by atoms with Crippen molar-refractivity contribution >= 4 is 64.2 Å². The van der Waals surface area contributed by atoms with Gasteiger partial charge >= 0.3 is 37.9 Å². The van der Waals surface area contributed by atoms with Crippen molar-refractivity contribution in [1.82, 2.24) is 0 Å². The Bertz CT molecular complexity index is 1880. The Balaban J connectivity index is 0.000000254. The van der Waals surface area contributed by atoms with Crippen LogP contribution in [0.15, 0.2) is 109 Å². The van der Waals surface area contributed by atoms with E-state index in [9.17, 15) is 0 Å². The number of halogens is 2. The molecule has 0 N–H and O–H groups in total. The maximum atomic E-state index is 4.93. The Labute approximate surface area is 352 Å². The SMILES string of the molecule is CC(C)(C)c1ccc(-c2cccc3[cH-]c(C[Si](C)(C)C)cc23)cc1.CC(C)(C)c1ccc(-c2cccc3[cH-]c(C[Si](C)(C)C)cc23)cc1.C[Si]C.[Cl][Zr+2][Cl]. The van der Waals surface area contributed by atoms with Gasteiger partial charge in [-0.15, -0.1) is 69.1 Å². The molecule has 0 aromatic heterocycles. The summed E-state index contributed by atoms with van der Waals surface area (Å²) in [5, 5.41) is 5.55. The van der Waals surface area contributed by atoms with Crippen LogP contribution >= 0.6 is 17.0 Å². The molecule has 0 bridgehead atoms. The second-order valence-corrected chi connectivity index (χ2v) is 34.7. The van der Waals surface area contributed by atoms with Gasteiger partial charge in [0.05, 0.1) is 0 Å². The van der Waals surface area contributed by atoms with Crippen LogP contribution in [0.5, 0.6) is 0 Å². The molecule has 0 heterocycles. The molecule has 6 aromatic carbocycles. The van der Waals surface area contributed by atoms with Gasteiger partial charge in [0.2, 0.25) is 0 Å². The Morgan fingerprint density at radius 3 is 1.09 bits per heavy atom. The van der Waals surface area contributed by atoms with Gasteiger partial charge in [0.15, 0.2) is 0 Å². The quantitative estimate of drug-likeness (QED) is 0.115. The van der Waals surface area contributed by atoms with Crippen molar-refractivity contribution in [1.29, 1.82) is 0 Å². The summed E-state index contributed by atoms with van der Waals surface area (Å²) in [4.78, 5) is 0. The molecule has 0 saturated heterocycles. The third-order valence-electron chi connectivity index (χ3n) is 9.21. The molecule has 0 nitrogen and oxygen atoms in total. The van der Waals surface area contributed by atoms with Gasteiger partial charge in [0.25, 0.3) is 0 Å². The van der Waals surface area contributed by atoms with Crippen LogP contribution in [0.1, 0.15) is 63.8 Å². The molecule has 0 atom stereocenters. The van der Waals surface area contributed by atoms with Crippen molar-refractivity contribution in [2.45, 2.75) is 117 Å². The average Bonchev–Trinajstić information content (AvgIpc) is 3.66. The fraction of sp³-hybridized carbons (Fsp3) is 0.375. The van der Waals surface area contributed by atoms with Gasteiger partial charge in [-0.05, 0) is 33.1 Å². The molecule has 0 spiro atoms. The second-order valence-electron chi connectivity index (χ2n) is 19.0. The van der Waals surface area contributed by atoms with E-state index in [1.165, 1.54) is 78.1 Å². The van der Waals surface area contributed by atoms with E-state index in [1.54, 1.807) is 0 Å². The monoisotopic (exact) mass is 884 g/mol. The van der Waals surface area contributed by atoms with E-state index in [-0.39, 0.29) is 10.8 Å². The van der Waals surface area contributed by atoms with Gasteiger partial charge in [-0.25, -0.2) is 0 Å². The molecule has 0 unspecified atom stereocenters. The van der Waals surface area contributed by atoms with Gasteiger partial charge < -0.3 is 0 Å². The molecule has 286 valence electrons. The first kappa shape index (κ1) is 46.6. The molecule has 0 saturated carbocycles. The molecule has 0 fully saturated rings. The first-order valence-electron chi connectivity index (χ1n) is 19.2. The van der Waals surface area contributed by atoms with Gasteiger partial charge in [0.1, 0.15) is 0 Å². The predicted octanol–water partition coefficient (Wildman–Crippen LogP) is 16.0. The van der Waals surface area contributed by atoms with Crippen LogP contribution in [0.3, 0.4) is 0 Å². The summed E-state index contributed by atoms with van der Waals surface area (Å²) in [5.74, 6) is 0. The van der Waals surface area contributed by atoms with Gasteiger partial charge in [-0.1, -0.05) is 178 Å². The van der Waals surface area contributed by atoms with Gasteiger partial charge in [-0.3, -0.25) is 0 Å². The number of fused-ring (bicyclic) bond motifs is 2. The minimum absolute atomic E-state index is 0.204. The fourth-order valence-corrected chi connectivity index (χ4v) is 9.68. The zero-order valence-electron chi connectivity index (χ0n) is 35.6. The maximum absolute atomic E-state index is 4.93. The van der Waals surface area contributed by atoms with Crippen LogP contribution in [0.25, 0.3) is 43.8 Å². The molecule has 6 rings (SSSR count). The van der Waals surface area contributed by atoms with E-state index in [2.05, 4.69) is 203 Å². The van der Waals surface area contributed by atoms with E-state index in [4.69, 9.17) is 17.0 Å². The van der Waals surface area contributed by atoms with Crippen LogP contribution in [-0.4, -0.2) is 25.7 Å². The van der Waals surface area contributed by atoms with Crippen LogP contribution in [0.2, 0.25) is 52.4 Å². The Morgan fingerprint density at radius 1 is 0.537 bits per heavy atom. The molecule has 0 aliphatic carbocycles. The predicted molar refractivity (Wildman–Crippen MR) is 251 cm³/mol. The number of hydrogen-bond acceptors (Lipinski definition) is 0. The van der Waals surface area contributed by atoms with Crippen molar-refractivity contribution in [3.63, 3.8) is 0 Å². The normalized spacial score (nSPS) is 11.9. The average molecular weight is 887 g/mol. The summed E-state index contributed by atoms with van der Waals surface area (Å²) in [6.45, 7) is 32.6. The van der Waals surface area contributed by atoms with Crippen LogP contribution in [0, 0.1) is 0 Å². The molecule has 0 aliphatic heterocycles. The van der Waals surface area contributed by atoms with Crippen molar-refractivity contribution in [2.24, 2.45) is 0 Å². The molecule has 6 heteroatoms. The summed E-state index contributed by atoms with van der Waals surface area (Å²) >= 11 is -0.826. The summed E-state index contributed by atoms with van der Waals surface area (Å²) < 4.78 is 0. The van der Waals surface area contributed by atoms with Gasteiger partial charge in [-0.2, -0.15) is 12.1 Å². The van der Waals surface area contributed by atoms with Gasteiger partial charge in [0, 0.05) is 25.7 Å². The Morgan fingerprint density at radius 2 is 0.833 bits per heavy atom. The molecule has 0 aliphatic rings. The molecule has 6 aromatic rings. The number of rotatable bonds is 6. The third-order valence-corrected chi connectivity index (χ3v) is 12.2. The first-order valence-corrected chi connectivity index (χ1v) is 35.0. The van der Waals surface area contributed by atoms with E-state index in [0.29, 0.717) is 0 Å². The Hall–Kier alpha value is -1.79. The molecular formula is C48H64Cl2Si3Zr. The Kier molecular flexibility index (Phi) is 17.3. The van der Waals surface area contributed by atoms with Crippen LogP contribution in [-0.2, 0) is 43.8 Å². The van der Waals surface area contributed by atoms with E-state index >= 15 is 0 Å². The van der Waals surface area contributed by atoms with Crippen molar-refractivity contribution in [3.05, 3.63) is 131 Å². The fourth-order valence-electron chi connectivity index (χ4n) is 6.83. The van der Waals surface area contributed by atoms with Crippen molar-refractivity contribution < 1.29 is 20.8 Å². The minimum atomic E-state index is -1.09. The van der Waals surface area contributed by atoms with E-state index < -0.39 is 37.0 Å². The van der Waals surface area contributed by atoms with Crippen LogP contribution in [0.4, 0.5) is 0 Å². The van der Waals surface area contributed by atoms with Crippen molar-refractivity contribution in [2.75, 3.05) is 0 Å². The van der Waals surface area contributed by atoms with Crippen molar-refractivity contribution in [3.8, 4) is 22.3 Å². The van der Waals surface area contributed by atoms with Crippen LogP contribution < -0.4 is 0 Å². The van der Waals surface area contributed by atoms with E-state index in [1.807, 2.05) is 0 Å². The molecule has 0 amide bonds. The first-order chi connectivity index (χ1) is 25.1. The molecular weight excluding hydrogens is 823 g/mol. The number of hydrogen-bond donors (Lipinski definition) is 0. The molecule has 54 heavy (non-hydrogen) atoms. The third kappa shape index (κ3) is 14.3. The standard InChI is InChI=1S/2C23H29Si.C2H6Si.2ClH.Zr/c2*1-23(2,3)20-12-10-18(11-13-20)21-9-7-8-19-14-17(15-22(19)21)16-24(4,5)6;1-3-2;;;/h2*7-15H,16H2,1-6H3;1-2H3;2*1H;/q2*-1;;;;+4/p-2. The summed E-state index contributed by atoms with van der Waals surface area (Å²) in [6, 6.07) is 43.7. The zero-order chi connectivity index (χ0) is 40.5. The zero-order valence-corrected chi connectivity index (χ0v) is 42.5.